The number of fused-ring (bicyclic) bond motifs is 1. The lowest BCUT2D eigenvalue weighted by Crippen LogP contribution is -2.04. The highest BCUT2D eigenvalue weighted by molar-refractivity contribution is 6.11. The molecule has 3 rings (SSSR count). The normalized spacial score (nSPS) is 10.7. The summed E-state index contributed by atoms with van der Waals surface area (Å²) in [5.74, 6) is 2.09. The number of benzene rings is 2. The molecule has 5 nitrogen and oxygen atoms in total. The van der Waals surface area contributed by atoms with Gasteiger partial charge >= 0.3 is 0 Å². The Morgan fingerprint density at radius 3 is 2.16 bits per heavy atom. The Morgan fingerprint density at radius 1 is 0.920 bits per heavy atom. The molecule has 0 bridgehead atoms. The standard InChI is InChI=1S/C20H20O5/c1-5-15-8-12-6-7-13(9-16(12)25-15)19(21)14-10-17(22-2)20(24-4)18(11-14)23-3/h6-11H,5H2,1-4H3. The van der Waals surface area contributed by atoms with Crippen LogP contribution in [0.2, 0.25) is 0 Å². The minimum atomic E-state index is -0.143. The van der Waals surface area contributed by atoms with Gasteiger partial charge in [0.15, 0.2) is 17.3 Å². The van der Waals surface area contributed by atoms with Crippen LogP contribution < -0.4 is 14.2 Å². The fraction of sp³-hybridized carbons (Fsp3) is 0.250. The maximum absolute atomic E-state index is 12.9. The molecule has 0 saturated heterocycles. The average molecular weight is 340 g/mol. The molecule has 3 aromatic rings. The molecule has 0 aliphatic heterocycles. The van der Waals surface area contributed by atoms with Gasteiger partial charge in [-0.25, -0.2) is 0 Å². The van der Waals surface area contributed by atoms with Crippen LogP contribution >= 0.6 is 0 Å². The van der Waals surface area contributed by atoms with E-state index in [0.717, 1.165) is 17.6 Å². The lowest BCUT2D eigenvalue weighted by atomic mass is 10.0. The highest BCUT2D eigenvalue weighted by Crippen LogP contribution is 2.38. The van der Waals surface area contributed by atoms with Gasteiger partial charge in [0.25, 0.3) is 0 Å². The Balaban J connectivity index is 2.05. The number of rotatable bonds is 6. The number of ether oxygens (including phenoxy) is 3. The summed E-state index contributed by atoms with van der Waals surface area (Å²) in [5.41, 5.74) is 1.70. The number of aryl methyl sites for hydroxylation is 1. The van der Waals surface area contributed by atoms with Crippen molar-refractivity contribution in [2.24, 2.45) is 0 Å². The van der Waals surface area contributed by atoms with E-state index in [0.29, 0.717) is 34.0 Å². The first-order valence-corrected chi connectivity index (χ1v) is 7.98. The summed E-state index contributed by atoms with van der Waals surface area (Å²) >= 11 is 0. The Morgan fingerprint density at radius 2 is 1.60 bits per heavy atom. The van der Waals surface area contributed by atoms with Crippen molar-refractivity contribution in [3.8, 4) is 17.2 Å². The van der Waals surface area contributed by atoms with Crippen molar-refractivity contribution in [3.63, 3.8) is 0 Å². The summed E-state index contributed by atoms with van der Waals surface area (Å²) in [4.78, 5) is 12.9. The van der Waals surface area contributed by atoms with E-state index in [1.807, 2.05) is 19.1 Å². The van der Waals surface area contributed by atoms with Crippen LogP contribution in [-0.4, -0.2) is 27.1 Å². The molecule has 2 aromatic carbocycles. The number of ketones is 1. The molecule has 25 heavy (non-hydrogen) atoms. The van der Waals surface area contributed by atoms with Gasteiger partial charge in [-0.1, -0.05) is 19.1 Å². The smallest absolute Gasteiger partial charge is 0.203 e. The summed E-state index contributed by atoms with van der Waals surface area (Å²) < 4.78 is 21.7. The molecule has 0 unspecified atom stereocenters. The van der Waals surface area contributed by atoms with Gasteiger partial charge in [-0.2, -0.15) is 0 Å². The minimum Gasteiger partial charge on any atom is -0.493 e. The molecule has 0 radical (unpaired) electrons. The molecule has 0 spiro atoms. The van der Waals surface area contributed by atoms with Gasteiger partial charge in [-0.3, -0.25) is 4.79 Å². The third-order valence-corrected chi connectivity index (χ3v) is 4.11. The second-order valence-electron chi connectivity index (χ2n) is 5.56. The fourth-order valence-corrected chi connectivity index (χ4v) is 2.78. The van der Waals surface area contributed by atoms with Crippen molar-refractivity contribution in [1.29, 1.82) is 0 Å². The molecule has 0 N–H and O–H groups in total. The average Bonchev–Trinajstić information content (AvgIpc) is 3.08. The predicted octanol–water partition coefficient (Wildman–Crippen LogP) is 4.25. The Kier molecular flexibility index (Phi) is 4.65. The monoisotopic (exact) mass is 340 g/mol. The zero-order valence-corrected chi connectivity index (χ0v) is 14.7. The van der Waals surface area contributed by atoms with Crippen molar-refractivity contribution in [1.82, 2.24) is 0 Å². The Bertz CT molecular complexity index is 898. The molecule has 0 aliphatic carbocycles. The van der Waals surface area contributed by atoms with Crippen molar-refractivity contribution in [3.05, 3.63) is 53.3 Å². The maximum Gasteiger partial charge on any atom is 0.203 e. The van der Waals surface area contributed by atoms with Crippen molar-refractivity contribution >= 4 is 16.8 Å². The molecule has 0 saturated carbocycles. The largest absolute Gasteiger partial charge is 0.493 e. The first-order valence-electron chi connectivity index (χ1n) is 7.98. The molecule has 0 atom stereocenters. The SMILES string of the molecule is CCc1cc2ccc(C(=O)c3cc(OC)c(OC)c(OC)c3)cc2o1. The summed E-state index contributed by atoms with van der Waals surface area (Å²) in [6, 6.07) is 10.7. The van der Waals surface area contributed by atoms with Gasteiger partial charge in [-0.05, 0) is 24.3 Å². The van der Waals surface area contributed by atoms with Gasteiger partial charge in [0.2, 0.25) is 5.75 Å². The van der Waals surface area contributed by atoms with E-state index in [4.69, 9.17) is 18.6 Å². The van der Waals surface area contributed by atoms with Gasteiger partial charge in [-0.15, -0.1) is 0 Å². The number of furan rings is 1. The highest BCUT2D eigenvalue weighted by atomic mass is 16.5. The third-order valence-electron chi connectivity index (χ3n) is 4.11. The summed E-state index contributed by atoms with van der Waals surface area (Å²) in [7, 11) is 4.57. The number of carbonyl (C=O) groups excluding carboxylic acids is 1. The van der Waals surface area contributed by atoms with Crippen LogP contribution in [0, 0.1) is 0 Å². The molecule has 130 valence electrons. The maximum atomic E-state index is 12.9. The molecular formula is C20H20O5. The minimum absolute atomic E-state index is 0.143. The van der Waals surface area contributed by atoms with Crippen LogP contribution in [0.5, 0.6) is 17.2 Å². The molecule has 5 heteroatoms. The van der Waals surface area contributed by atoms with Gasteiger partial charge in [0.05, 0.1) is 21.3 Å². The zero-order chi connectivity index (χ0) is 18.0. The van der Waals surface area contributed by atoms with Crippen molar-refractivity contribution in [2.45, 2.75) is 13.3 Å². The number of hydrogen-bond donors (Lipinski definition) is 0. The molecule has 1 heterocycles. The summed E-state index contributed by atoms with van der Waals surface area (Å²) in [6.07, 6.45) is 0.810. The van der Waals surface area contributed by atoms with E-state index in [-0.39, 0.29) is 5.78 Å². The second kappa shape index (κ2) is 6.89. The Hall–Kier alpha value is -2.95. The summed E-state index contributed by atoms with van der Waals surface area (Å²) in [6.45, 7) is 2.03. The van der Waals surface area contributed by atoms with Gasteiger partial charge in [0, 0.05) is 22.9 Å². The molecular weight excluding hydrogens is 320 g/mol. The topological polar surface area (TPSA) is 57.9 Å². The van der Waals surface area contributed by atoms with E-state index in [1.165, 1.54) is 21.3 Å². The van der Waals surface area contributed by atoms with Gasteiger partial charge < -0.3 is 18.6 Å². The molecule has 0 fully saturated rings. The molecule has 0 amide bonds. The zero-order valence-electron chi connectivity index (χ0n) is 14.7. The first kappa shape index (κ1) is 16.9. The lowest BCUT2D eigenvalue weighted by molar-refractivity contribution is 0.103. The van der Waals surface area contributed by atoms with E-state index in [9.17, 15) is 4.79 Å². The third kappa shape index (κ3) is 3.05. The van der Waals surface area contributed by atoms with Crippen LogP contribution in [0.3, 0.4) is 0 Å². The predicted molar refractivity (Wildman–Crippen MR) is 95.1 cm³/mol. The first-order chi connectivity index (χ1) is 12.1. The Labute approximate surface area is 146 Å². The van der Waals surface area contributed by atoms with Crippen LogP contribution in [0.4, 0.5) is 0 Å². The van der Waals surface area contributed by atoms with Crippen LogP contribution in [0.15, 0.2) is 40.8 Å². The van der Waals surface area contributed by atoms with Crippen molar-refractivity contribution < 1.29 is 23.4 Å². The molecule has 0 aliphatic rings. The van der Waals surface area contributed by atoms with Crippen LogP contribution in [0.25, 0.3) is 11.0 Å². The van der Waals surface area contributed by atoms with Crippen LogP contribution in [-0.2, 0) is 6.42 Å². The number of methoxy groups -OCH3 is 3. The van der Waals surface area contributed by atoms with E-state index < -0.39 is 0 Å². The fourth-order valence-electron chi connectivity index (χ4n) is 2.78. The lowest BCUT2D eigenvalue weighted by Gasteiger charge is -2.13. The quantitative estimate of drug-likeness (QED) is 0.628. The van der Waals surface area contributed by atoms with E-state index in [1.54, 1.807) is 24.3 Å². The second-order valence-corrected chi connectivity index (χ2v) is 5.56. The highest BCUT2D eigenvalue weighted by Gasteiger charge is 2.18. The van der Waals surface area contributed by atoms with Gasteiger partial charge in [0.1, 0.15) is 11.3 Å². The van der Waals surface area contributed by atoms with E-state index in [2.05, 4.69) is 0 Å². The van der Waals surface area contributed by atoms with E-state index >= 15 is 0 Å². The summed E-state index contributed by atoms with van der Waals surface area (Å²) in [5, 5.41) is 0.985. The van der Waals surface area contributed by atoms with Crippen LogP contribution in [0.1, 0.15) is 28.6 Å². The number of carbonyl (C=O) groups is 1. The number of hydrogen-bond acceptors (Lipinski definition) is 5. The molecule has 1 aromatic heterocycles. The van der Waals surface area contributed by atoms with Crippen molar-refractivity contribution in [2.75, 3.05) is 21.3 Å².